The van der Waals surface area contributed by atoms with E-state index in [1.165, 1.54) is 0 Å². The van der Waals surface area contributed by atoms with Gasteiger partial charge in [-0.05, 0) is 22.9 Å². The van der Waals surface area contributed by atoms with Crippen LogP contribution in [-0.4, -0.2) is 57.7 Å². The highest BCUT2D eigenvalue weighted by Gasteiger charge is 2.48. The molecule has 2 heterocycles. The number of carbonyl (C=O) groups excluding carboxylic acids is 3. The fourth-order valence-electron chi connectivity index (χ4n) is 1.99. The van der Waals surface area contributed by atoms with Crippen molar-refractivity contribution < 1.29 is 32.5 Å². The van der Waals surface area contributed by atoms with E-state index >= 15 is 0 Å². The standard InChI is InChI=1S/C12H12N2O7S3/c15-10-5-8(24(19,20)21)11(16)14(10)7(12(17)18)6-22-23-9-3-1-2-4-13-9/h1-4,7-8H,5-6H2,(H,17,18)(H,19,20,21)/p-1. The van der Waals surface area contributed by atoms with E-state index in [1.54, 1.807) is 24.4 Å². The molecule has 0 aromatic carbocycles. The van der Waals surface area contributed by atoms with Crippen molar-refractivity contribution in [3.05, 3.63) is 24.4 Å². The highest BCUT2D eigenvalue weighted by atomic mass is 33.1. The Morgan fingerprint density at radius 3 is 2.67 bits per heavy atom. The zero-order valence-corrected chi connectivity index (χ0v) is 14.3. The summed E-state index contributed by atoms with van der Waals surface area (Å²) in [6.45, 7) is 0. The largest absolute Gasteiger partial charge is 0.548 e. The van der Waals surface area contributed by atoms with Crippen LogP contribution in [0, 0.1) is 0 Å². The van der Waals surface area contributed by atoms with Gasteiger partial charge in [0.25, 0.3) is 16.0 Å². The molecule has 1 saturated heterocycles. The van der Waals surface area contributed by atoms with Crippen LogP contribution in [0.5, 0.6) is 0 Å². The number of amides is 2. The molecular formula is C12H11N2O7S3-. The molecule has 130 valence electrons. The molecular weight excluding hydrogens is 380 g/mol. The molecule has 0 saturated carbocycles. The van der Waals surface area contributed by atoms with Gasteiger partial charge in [0.05, 0.1) is 18.4 Å². The third-order valence-corrected chi connectivity index (χ3v) is 6.44. The Morgan fingerprint density at radius 2 is 2.17 bits per heavy atom. The predicted molar refractivity (Wildman–Crippen MR) is 83.2 cm³/mol. The lowest BCUT2D eigenvalue weighted by molar-refractivity contribution is -0.310. The number of carboxylic acid groups (broad SMARTS) is 1. The van der Waals surface area contributed by atoms with Crippen LogP contribution in [0.1, 0.15) is 6.42 Å². The number of imide groups is 1. The van der Waals surface area contributed by atoms with Crippen LogP contribution >= 0.6 is 21.6 Å². The maximum atomic E-state index is 12.0. The molecule has 2 rings (SSSR count). The summed E-state index contributed by atoms with van der Waals surface area (Å²) in [6.07, 6.45) is 0.753. The van der Waals surface area contributed by atoms with Gasteiger partial charge in [-0.3, -0.25) is 19.0 Å². The fourth-order valence-corrected chi connectivity index (χ4v) is 4.80. The van der Waals surface area contributed by atoms with Gasteiger partial charge in [-0.1, -0.05) is 16.9 Å². The summed E-state index contributed by atoms with van der Waals surface area (Å²) in [4.78, 5) is 39.4. The van der Waals surface area contributed by atoms with Crippen molar-refractivity contribution in [2.24, 2.45) is 0 Å². The summed E-state index contributed by atoms with van der Waals surface area (Å²) in [7, 11) is -2.64. The average molecular weight is 391 g/mol. The lowest BCUT2D eigenvalue weighted by Crippen LogP contribution is -2.52. The molecule has 9 nitrogen and oxygen atoms in total. The Labute approximate surface area is 145 Å². The normalized spacial score (nSPS) is 19.5. The average Bonchev–Trinajstić information content (AvgIpc) is 2.80. The molecule has 12 heteroatoms. The lowest BCUT2D eigenvalue weighted by atomic mass is 10.3. The molecule has 1 fully saturated rings. The van der Waals surface area contributed by atoms with Crippen molar-refractivity contribution in [2.45, 2.75) is 22.7 Å². The van der Waals surface area contributed by atoms with Crippen molar-refractivity contribution in [2.75, 3.05) is 5.75 Å². The second-order valence-corrected chi connectivity index (χ2v) is 8.64. The lowest BCUT2D eigenvalue weighted by Gasteiger charge is -2.26. The van der Waals surface area contributed by atoms with Crippen LogP contribution in [0.2, 0.25) is 0 Å². The SMILES string of the molecule is O=C([O-])C(CSSc1ccccn1)N1C(=O)CC(S(=O)(=O)O)C1=O. The van der Waals surface area contributed by atoms with Crippen LogP contribution in [0.25, 0.3) is 0 Å². The smallest absolute Gasteiger partial charge is 0.277 e. The summed E-state index contributed by atoms with van der Waals surface area (Å²) in [5, 5.41) is 9.89. The fraction of sp³-hybridized carbons (Fsp3) is 0.333. The summed E-state index contributed by atoms with van der Waals surface area (Å²) in [5.74, 6) is -4.17. The number of carbonyl (C=O) groups is 3. The van der Waals surface area contributed by atoms with Crippen molar-refractivity contribution in [1.82, 2.24) is 9.88 Å². The molecule has 1 aromatic rings. The third-order valence-electron chi connectivity index (χ3n) is 3.09. The van der Waals surface area contributed by atoms with E-state index in [4.69, 9.17) is 4.55 Å². The first kappa shape index (κ1) is 18.7. The zero-order chi connectivity index (χ0) is 17.9. The Bertz CT molecular complexity index is 753. The van der Waals surface area contributed by atoms with Gasteiger partial charge in [0.2, 0.25) is 5.91 Å². The van der Waals surface area contributed by atoms with Crippen molar-refractivity contribution in [3.63, 3.8) is 0 Å². The summed E-state index contributed by atoms with van der Waals surface area (Å²) in [6, 6.07) is 3.48. The van der Waals surface area contributed by atoms with Gasteiger partial charge in [-0.15, -0.1) is 0 Å². The Kier molecular flexibility index (Phi) is 5.85. The van der Waals surface area contributed by atoms with E-state index in [1.807, 2.05) is 0 Å². The first-order valence-corrected chi connectivity index (χ1v) is 10.3. The minimum atomic E-state index is -4.79. The maximum Gasteiger partial charge on any atom is 0.277 e. The molecule has 24 heavy (non-hydrogen) atoms. The van der Waals surface area contributed by atoms with E-state index in [0.29, 0.717) is 9.93 Å². The van der Waals surface area contributed by atoms with E-state index in [-0.39, 0.29) is 5.75 Å². The van der Waals surface area contributed by atoms with Crippen LogP contribution in [0.4, 0.5) is 0 Å². The topological polar surface area (TPSA) is 145 Å². The molecule has 1 N–H and O–H groups in total. The van der Waals surface area contributed by atoms with Crippen LogP contribution in [-0.2, 0) is 24.5 Å². The number of carboxylic acids is 1. The molecule has 1 aromatic heterocycles. The van der Waals surface area contributed by atoms with Gasteiger partial charge in [-0.25, -0.2) is 4.98 Å². The van der Waals surface area contributed by atoms with E-state index < -0.39 is 45.6 Å². The molecule has 2 atom stereocenters. The number of pyridine rings is 1. The Morgan fingerprint density at radius 1 is 1.46 bits per heavy atom. The van der Waals surface area contributed by atoms with Crippen molar-refractivity contribution in [1.29, 1.82) is 0 Å². The monoisotopic (exact) mass is 391 g/mol. The van der Waals surface area contributed by atoms with E-state index in [9.17, 15) is 27.9 Å². The van der Waals surface area contributed by atoms with Gasteiger partial charge in [0, 0.05) is 11.9 Å². The predicted octanol–water partition coefficient (Wildman–Crippen LogP) is -1.04. The minimum absolute atomic E-state index is 0.223. The summed E-state index contributed by atoms with van der Waals surface area (Å²) in [5.41, 5.74) is 0. The third kappa shape index (κ3) is 4.26. The second-order valence-electron chi connectivity index (χ2n) is 4.68. The second kappa shape index (κ2) is 7.51. The van der Waals surface area contributed by atoms with Crippen molar-refractivity contribution >= 4 is 49.5 Å². The Hall–Kier alpha value is -1.63. The molecule has 1 aliphatic rings. The first-order chi connectivity index (χ1) is 11.2. The zero-order valence-electron chi connectivity index (χ0n) is 11.9. The van der Waals surface area contributed by atoms with Crippen LogP contribution in [0.3, 0.4) is 0 Å². The summed E-state index contributed by atoms with van der Waals surface area (Å²) >= 11 is 0. The van der Waals surface area contributed by atoms with Gasteiger partial charge < -0.3 is 9.90 Å². The molecule has 0 aliphatic carbocycles. The molecule has 0 bridgehead atoms. The van der Waals surface area contributed by atoms with Crippen molar-refractivity contribution in [3.8, 4) is 0 Å². The van der Waals surface area contributed by atoms with Crippen LogP contribution in [0.15, 0.2) is 29.4 Å². The van der Waals surface area contributed by atoms with Gasteiger partial charge in [0.15, 0.2) is 5.25 Å². The van der Waals surface area contributed by atoms with E-state index in [2.05, 4.69) is 4.98 Å². The number of hydrogen-bond acceptors (Lipinski definition) is 9. The number of aromatic nitrogens is 1. The maximum absolute atomic E-state index is 12.0. The Balaban J connectivity index is 2.09. The number of likely N-dealkylation sites (tertiary alicyclic amines) is 1. The minimum Gasteiger partial charge on any atom is -0.548 e. The molecule has 2 amide bonds. The highest BCUT2D eigenvalue weighted by molar-refractivity contribution is 8.76. The first-order valence-electron chi connectivity index (χ1n) is 6.45. The molecule has 0 radical (unpaired) electrons. The molecule has 1 aliphatic heterocycles. The number of aliphatic carboxylic acids is 1. The van der Waals surface area contributed by atoms with E-state index in [0.717, 1.165) is 21.6 Å². The number of nitrogens with zero attached hydrogens (tertiary/aromatic N) is 2. The number of hydrogen-bond donors (Lipinski definition) is 1. The summed E-state index contributed by atoms with van der Waals surface area (Å²) < 4.78 is 31.2. The molecule has 2 unspecified atom stereocenters. The van der Waals surface area contributed by atoms with Gasteiger partial charge >= 0.3 is 0 Å². The number of rotatable bonds is 7. The van der Waals surface area contributed by atoms with Crippen LogP contribution < -0.4 is 5.11 Å². The highest BCUT2D eigenvalue weighted by Crippen LogP contribution is 2.31. The van der Waals surface area contributed by atoms with Gasteiger partial charge in [-0.2, -0.15) is 8.42 Å². The molecule has 0 spiro atoms. The quantitative estimate of drug-likeness (QED) is 0.347. The van der Waals surface area contributed by atoms with Gasteiger partial charge in [0.1, 0.15) is 5.03 Å².